The van der Waals surface area contributed by atoms with E-state index in [1.807, 2.05) is 0 Å². The molecule has 2 N–H and O–H groups in total. The average Bonchev–Trinajstić information content (AvgIpc) is 3.03. The zero-order valence-electron chi connectivity index (χ0n) is 12.4. The van der Waals surface area contributed by atoms with Gasteiger partial charge in [-0.1, -0.05) is 0 Å². The number of fused-ring (bicyclic) bond motifs is 1. The van der Waals surface area contributed by atoms with Crippen LogP contribution in [0.15, 0.2) is 48.9 Å². The lowest BCUT2D eigenvalue weighted by atomic mass is 10.1. The van der Waals surface area contributed by atoms with Gasteiger partial charge in [-0.25, -0.2) is 0 Å². The van der Waals surface area contributed by atoms with Gasteiger partial charge in [-0.3, -0.25) is 24.7 Å². The van der Waals surface area contributed by atoms with Crippen molar-refractivity contribution in [2.75, 3.05) is 0 Å². The van der Waals surface area contributed by atoms with Crippen LogP contribution in [0.25, 0.3) is 10.9 Å². The van der Waals surface area contributed by atoms with E-state index >= 15 is 0 Å². The summed E-state index contributed by atoms with van der Waals surface area (Å²) in [6.07, 6.45) is 4.55. The standard InChI is InChI=1S/C16H12N4O4/c21-15(16(22)19-8-10-3-5-17-6-4-10)13-9-18-14-2-1-11(20(23)24)7-12(13)14/h1-7,9,18H,8H2,(H,19,22). The Kier molecular flexibility index (Phi) is 4.02. The maximum Gasteiger partial charge on any atom is 0.292 e. The number of aromatic nitrogens is 2. The van der Waals surface area contributed by atoms with E-state index in [0.717, 1.165) is 5.56 Å². The third-order valence-corrected chi connectivity index (χ3v) is 3.53. The number of nitro groups is 1. The number of nitro benzene ring substituents is 1. The topological polar surface area (TPSA) is 118 Å². The molecule has 1 amide bonds. The molecule has 0 fully saturated rings. The number of rotatable bonds is 5. The van der Waals surface area contributed by atoms with Crippen molar-refractivity contribution in [1.82, 2.24) is 15.3 Å². The van der Waals surface area contributed by atoms with Crippen LogP contribution in [0.1, 0.15) is 15.9 Å². The van der Waals surface area contributed by atoms with Crippen molar-refractivity contribution in [2.24, 2.45) is 0 Å². The molecule has 3 aromatic rings. The number of nitrogens with zero attached hydrogens (tertiary/aromatic N) is 2. The Morgan fingerprint density at radius 2 is 1.96 bits per heavy atom. The number of hydrogen-bond acceptors (Lipinski definition) is 5. The van der Waals surface area contributed by atoms with Crippen molar-refractivity contribution in [1.29, 1.82) is 0 Å². The van der Waals surface area contributed by atoms with Crippen LogP contribution in [0, 0.1) is 10.1 Å². The first-order valence-electron chi connectivity index (χ1n) is 7.03. The van der Waals surface area contributed by atoms with Crippen molar-refractivity contribution < 1.29 is 14.5 Å². The second-order valence-electron chi connectivity index (χ2n) is 5.06. The number of carbonyl (C=O) groups is 2. The molecule has 0 radical (unpaired) electrons. The minimum absolute atomic E-state index is 0.0981. The summed E-state index contributed by atoms with van der Waals surface area (Å²) >= 11 is 0. The lowest BCUT2D eigenvalue weighted by Gasteiger charge is -2.04. The van der Waals surface area contributed by atoms with Gasteiger partial charge in [0, 0.05) is 48.2 Å². The highest BCUT2D eigenvalue weighted by Gasteiger charge is 2.21. The van der Waals surface area contributed by atoms with Crippen LogP contribution in [0.3, 0.4) is 0 Å². The summed E-state index contributed by atoms with van der Waals surface area (Å²) in [7, 11) is 0. The van der Waals surface area contributed by atoms with Gasteiger partial charge >= 0.3 is 0 Å². The molecule has 0 spiro atoms. The van der Waals surface area contributed by atoms with Gasteiger partial charge in [0.25, 0.3) is 17.4 Å². The Morgan fingerprint density at radius 3 is 2.67 bits per heavy atom. The molecule has 3 rings (SSSR count). The molecule has 0 aliphatic heterocycles. The molecule has 2 aromatic heterocycles. The van der Waals surface area contributed by atoms with Crippen molar-refractivity contribution in [3.8, 4) is 0 Å². The zero-order chi connectivity index (χ0) is 17.1. The highest BCUT2D eigenvalue weighted by Crippen LogP contribution is 2.24. The first kappa shape index (κ1) is 15.3. The quantitative estimate of drug-likeness (QED) is 0.322. The molecule has 2 heterocycles. The molecule has 24 heavy (non-hydrogen) atoms. The maximum atomic E-state index is 12.3. The predicted octanol–water partition coefficient (Wildman–Crippen LogP) is 1.97. The van der Waals surface area contributed by atoms with E-state index in [2.05, 4.69) is 15.3 Å². The highest BCUT2D eigenvalue weighted by molar-refractivity contribution is 6.44. The van der Waals surface area contributed by atoms with E-state index < -0.39 is 16.6 Å². The van der Waals surface area contributed by atoms with E-state index in [-0.39, 0.29) is 17.8 Å². The number of pyridine rings is 1. The molecule has 0 saturated carbocycles. The van der Waals surface area contributed by atoms with Crippen molar-refractivity contribution in [2.45, 2.75) is 6.54 Å². The Labute approximate surface area is 135 Å². The fourth-order valence-electron chi connectivity index (χ4n) is 2.30. The third kappa shape index (κ3) is 2.98. The van der Waals surface area contributed by atoms with Gasteiger partial charge in [0.05, 0.1) is 10.5 Å². The number of ketones is 1. The minimum Gasteiger partial charge on any atom is -0.360 e. The number of benzene rings is 1. The normalized spacial score (nSPS) is 10.5. The summed E-state index contributed by atoms with van der Waals surface area (Å²) < 4.78 is 0. The summed E-state index contributed by atoms with van der Waals surface area (Å²) in [6, 6.07) is 7.55. The molecule has 0 aliphatic rings. The van der Waals surface area contributed by atoms with Crippen molar-refractivity contribution in [3.05, 3.63) is 70.2 Å². The smallest absolute Gasteiger partial charge is 0.292 e. The van der Waals surface area contributed by atoms with Crippen LogP contribution in [0.5, 0.6) is 0 Å². The van der Waals surface area contributed by atoms with E-state index in [9.17, 15) is 19.7 Å². The number of aromatic amines is 1. The molecular weight excluding hydrogens is 312 g/mol. The second-order valence-corrected chi connectivity index (χ2v) is 5.06. The number of Topliss-reactive ketones (excluding diaryl/α,β-unsaturated/α-hetero) is 1. The number of non-ortho nitro benzene ring substituents is 1. The Morgan fingerprint density at radius 1 is 1.21 bits per heavy atom. The van der Waals surface area contributed by atoms with Gasteiger partial charge in [-0.2, -0.15) is 0 Å². The molecule has 0 bridgehead atoms. The lowest BCUT2D eigenvalue weighted by Crippen LogP contribution is -2.30. The summed E-state index contributed by atoms with van der Waals surface area (Å²) in [5, 5.41) is 13.7. The number of hydrogen-bond donors (Lipinski definition) is 2. The van der Waals surface area contributed by atoms with Crippen LogP contribution in [0.2, 0.25) is 0 Å². The van der Waals surface area contributed by atoms with Crippen molar-refractivity contribution >= 4 is 28.3 Å². The van der Waals surface area contributed by atoms with Gasteiger partial charge in [0.1, 0.15) is 0 Å². The second kappa shape index (κ2) is 6.29. The molecule has 0 unspecified atom stereocenters. The SMILES string of the molecule is O=C(NCc1ccncc1)C(=O)c1c[nH]c2ccc([N+](=O)[O-])cc12. The van der Waals surface area contributed by atoms with Gasteiger partial charge < -0.3 is 10.3 Å². The number of H-pyrrole nitrogens is 1. The van der Waals surface area contributed by atoms with Gasteiger partial charge in [0.15, 0.2) is 0 Å². The first-order valence-corrected chi connectivity index (χ1v) is 7.03. The summed E-state index contributed by atoms with van der Waals surface area (Å²) in [4.78, 5) is 41.4. The zero-order valence-corrected chi connectivity index (χ0v) is 12.4. The Balaban J connectivity index is 1.81. The lowest BCUT2D eigenvalue weighted by molar-refractivity contribution is -0.384. The molecular formula is C16H12N4O4. The minimum atomic E-state index is -0.779. The Hall–Kier alpha value is -3.55. The molecule has 1 aromatic carbocycles. The number of nitrogens with one attached hydrogen (secondary N) is 2. The fourth-order valence-corrected chi connectivity index (χ4v) is 2.30. The van der Waals surface area contributed by atoms with Crippen LogP contribution < -0.4 is 5.32 Å². The maximum absolute atomic E-state index is 12.3. The fraction of sp³-hybridized carbons (Fsp3) is 0.0625. The van der Waals surface area contributed by atoms with Gasteiger partial charge in [-0.05, 0) is 23.8 Å². The summed E-state index contributed by atoms with van der Waals surface area (Å²) in [6.45, 7) is 0.190. The molecule has 0 atom stereocenters. The molecule has 8 nitrogen and oxygen atoms in total. The average molecular weight is 324 g/mol. The number of carbonyl (C=O) groups excluding carboxylic acids is 2. The van der Waals surface area contributed by atoms with Gasteiger partial charge in [-0.15, -0.1) is 0 Å². The van der Waals surface area contributed by atoms with Crippen LogP contribution in [0.4, 0.5) is 5.69 Å². The van der Waals surface area contributed by atoms with Gasteiger partial charge in [0.2, 0.25) is 0 Å². The first-order chi connectivity index (χ1) is 11.6. The van der Waals surface area contributed by atoms with Crippen LogP contribution >= 0.6 is 0 Å². The number of amides is 1. The highest BCUT2D eigenvalue weighted by atomic mass is 16.6. The van der Waals surface area contributed by atoms with E-state index in [0.29, 0.717) is 10.9 Å². The van der Waals surface area contributed by atoms with E-state index in [4.69, 9.17) is 0 Å². The monoisotopic (exact) mass is 324 g/mol. The molecule has 8 heteroatoms. The molecule has 0 aliphatic carbocycles. The molecule has 0 saturated heterocycles. The van der Waals surface area contributed by atoms with Crippen molar-refractivity contribution in [3.63, 3.8) is 0 Å². The van der Waals surface area contributed by atoms with Crippen LogP contribution in [-0.4, -0.2) is 26.6 Å². The third-order valence-electron chi connectivity index (χ3n) is 3.53. The largest absolute Gasteiger partial charge is 0.360 e. The summed E-state index contributed by atoms with van der Waals surface area (Å²) in [5.74, 6) is -1.53. The van der Waals surface area contributed by atoms with E-state index in [1.165, 1.54) is 24.4 Å². The van der Waals surface area contributed by atoms with E-state index in [1.54, 1.807) is 24.5 Å². The Bertz CT molecular complexity index is 934. The molecule has 120 valence electrons. The predicted molar refractivity (Wildman–Crippen MR) is 85.4 cm³/mol. The van der Waals surface area contributed by atoms with Crippen LogP contribution in [-0.2, 0) is 11.3 Å². The summed E-state index contributed by atoms with van der Waals surface area (Å²) in [5.41, 5.74) is 1.31.